The fourth-order valence-electron chi connectivity index (χ4n) is 2.88. The maximum Gasteiger partial charge on any atom is 0.411 e. The summed E-state index contributed by atoms with van der Waals surface area (Å²) in [6, 6.07) is 7.74. The Morgan fingerprint density at radius 1 is 1.25 bits per heavy atom. The van der Waals surface area contributed by atoms with Crippen LogP contribution in [0.1, 0.15) is 43.4 Å². The average molecular weight is 287 g/mol. The summed E-state index contributed by atoms with van der Waals surface area (Å²) in [5, 5.41) is 3.26. The molecule has 1 aromatic carbocycles. The van der Waals surface area contributed by atoms with Crippen molar-refractivity contribution in [1.29, 1.82) is 0 Å². The van der Waals surface area contributed by atoms with Crippen LogP contribution in [0.15, 0.2) is 24.3 Å². The molecule has 0 spiro atoms. The Bertz CT molecular complexity index is 447. The zero-order chi connectivity index (χ0) is 14.8. The second-order valence-corrected chi connectivity index (χ2v) is 5.27. The van der Waals surface area contributed by atoms with Crippen molar-refractivity contribution in [2.75, 3.05) is 13.2 Å². The Labute approximate surface area is 117 Å². The number of hydrogen-bond donors (Lipinski definition) is 1. The third-order valence-corrected chi connectivity index (χ3v) is 3.70. The number of fused-ring (bicyclic) bond motifs is 1. The third kappa shape index (κ3) is 3.52. The molecular formula is C15H20F3NO. The maximum absolute atomic E-state index is 12.4. The molecule has 1 aromatic rings. The minimum atomic E-state index is -4.28. The van der Waals surface area contributed by atoms with Crippen LogP contribution < -0.4 is 5.32 Å². The molecule has 1 aliphatic rings. The van der Waals surface area contributed by atoms with Gasteiger partial charge in [-0.2, -0.15) is 13.2 Å². The topological polar surface area (TPSA) is 21.3 Å². The van der Waals surface area contributed by atoms with Crippen molar-refractivity contribution in [3.63, 3.8) is 0 Å². The zero-order valence-electron chi connectivity index (χ0n) is 11.7. The van der Waals surface area contributed by atoms with E-state index < -0.39 is 18.9 Å². The molecule has 20 heavy (non-hydrogen) atoms. The highest BCUT2D eigenvalue weighted by Gasteiger charge is 2.36. The number of benzene rings is 1. The van der Waals surface area contributed by atoms with Gasteiger partial charge in [-0.1, -0.05) is 38.1 Å². The molecular weight excluding hydrogens is 267 g/mol. The SMILES string of the molecule is CCNC1c2ccccc2C(C)CC1OCC(F)(F)F. The van der Waals surface area contributed by atoms with Gasteiger partial charge in [0, 0.05) is 0 Å². The monoisotopic (exact) mass is 287 g/mol. The normalized spacial score (nSPS) is 26.4. The van der Waals surface area contributed by atoms with Crippen molar-refractivity contribution in [1.82, 2.24) is 5.32 Å². The van der Waals surface area contributed by atoms with Gasteiger partial charge in [0.1, 0.15) is 6.61 Å². The lowest BCUT2D eigenvalue weighted by molar-refractivity contribution is -0.190. The molecule has 2 nitrogen and oxygen atoms in total. The molecule has 0 saturated heterocycles. The fraction of sp³-hybridized carbons (Fsp3) is 0.600. The predicted molar refractivity (Wildman–Crippen MR) is 71.7 cm³/mol. The molecule has 0 fully saturated rings. The highest BCUT2D eigenvalue weighted by molar-refractivity contribution is 5.36. The van der Waals surface area contributed by atoms with Crippen molar-refractivity contribution in [2.45, 2.75) is 44.5 Å². The first kappa shape index (κ1) is 15.3. The smallest absolute Gasteiger partial charge is 0.367 e. The molecule has 112 valence electrons. The van der Waals surface area contributed by atoms with Crippen molar-refractivity contribution in [3.05, 3.63) is 35.4 Å². The molecule has 0 aliphatic heterocycles. The van der Waals surface area contributed by atoms with Gasteiger partial charge in [-0.25, -0.2) is 0 Å². The Morgan fingerprint density at radius 2 is 1.90 bits per heavy atom. The zero-order valence-corrected chi connectivity index (χ0v) is 11.7. The van der Waals surface area contributed by atoms with E-state index in [1.165, 1.54) is 5.56 Å². The van der Waals surface area contributed by atoms with Crippen LogP contribution in [0.25, 0.3) is 0 Å². The van der Waals surface area contributed by atoms with Crippen molar-refractivity contribution < 1.29 is 17.9 Å². The number of halogens is 3. The van der Waals surface area contributed by atoms with Gasteiger partial charge in [0.2, 0.25) is 0 Å². The van der Waals surface area contributed by atoms with Crippen LogP contribution in [0, 0.1) is 0 Å². The molecule has 5 heteroatoms. The molecule has 0 radical (unpaired) electrons. The van der Waals surface area contributed by atoms with Gasteiger partial charge in [0.15, 0.2) is 0 Å². The highest BCUT2D eigenvalue weighted by Crippen LogP contribution is 2.39. The molecule has 2 rings (SSSR count). The summed E-state index contributed by atoms with van der Waals surface area (Å²) in [6.07, 6.45) is -4.12. The summed E-state index contributed by atoms with van der Waals surface area (Å²) in [5.41, 5.74) is 2.26. The molecule has 0 aromatic heterocycles. The van der Waals surface area contributed by atoms with Gasteiger partial charge >= 0.3 is 6.18 Å². The summed E-state index contributed by atoms with van der Waals surface area (Å²) in [5.74, 6) is 0.208. The van der Waals surface area contributed by atoms with Crippen LogP contribution in [0.2, 0.25) is 0 Å². The number of alkyl halides is 3. The summed E-state index contributed by atoms with van der Waals surface area (Å²) in [7, 11) is 0. The summed E-state index contributed by atoms with van der Waals surface area (Å²) >= 11 is 0. The molecule has 1 N–H and O–H groups in total. The third-order valence-electron chi connectivity index (χ3n) is 3.70. The largest absolute Gasteiger partial charge is 0.411 e. The molecule has 3 atom stereocenters. The van der Waals surface area contributed by atoms with E-state index in [-0.39, 0.29) is 12.0 Å². The molecule has 0 amide bonds. The Morgan fingerprint density at radius 3 is 2.50 bits per heavy atom. The van der Waals surface area contributed by atoms with Crippen LogP contribution in [0.3, 0.4) is 0 Å². The number of rotatable bonds is 4. The average Bonchev–Trinajstić information content (AvgIpc) is 2.39. The number of ether oxygens (including phenoxy) is 1. The second-order valence-electron chi connectivity index (χ2n) is 5.27. The Hall–Kier alpha value is -1.07. The van der Waals surface area contributed by atoms with E-state index in [0.29, 0.717) is 13.0 Å². The van der Waals surface area contributed by atoms with E-state index in [0.717, 1.165) is 5.56 Å². The summed E-state index contributed by atoms with van der Waals surface area (Å²) in [6.45, 7) is 3.49. The first-order chi connectivity index (χ1) is 9.42. The van der Waals surface area contributed by atoms with Crippen LogP contribution in [0.5, 0.6) is 0 Å². The number of nitrogens with one attached hydrogen (secondary N) is 1. The molecule has 1 aliphatic carbocycles. The van der Waals surface area contributed by atoms with Crippen LogP contribution in [0.4, 0.5) is 13.2 Å². The standard InChI is InChI=1S/C15H20F3NO/c1-3-19-14-12-7-5-4-6-11(12)10(2)8-13(14)20-9-15(16,17)18/h4-7,10,13-14,19H,3,8-9H2,1-2H3. The molecule has 0 bridgehead atoms. The Kier molecular flexibility index (Phi) is 4.70. The summed E-state index contributed by atoms with van der Waals surface area (Å²) in [4.78, 5) is 0. The quantitative estimate of drug-likeness (QED) is 0.909. The first-order valence-electron chi connectivity index (χ1n) is 6.93. The van der Waals surface area contributed by atoms with Crippen molar-refractivity contribution in [3.8, 4) is 0 Å². The van der Waals surface area contributed by atoms with Crippen LogP contribution in [-0.4, -0.2) is 25.4 Å². The minimum absolute atomic E-state index is 0.172. The highest BCUT2D eigenvalue weighted by atomic mass is 19.4. The van der Waals surface area contributed by atoms with Crippen LogP contribution >= 0.6 is 0 Å². The van der Waals surface area contributed by atoms with E-state index in [1.807, 2.05) is 38.1 Å². The number of hydrogen-bond acceptors (Lipinski definition) is 2. The summed E-state index contributed by atoms with van der Waals surface area (Å²) < 4.78 is 42.3. The predicted octanol–water partition coefficient (Wildman–Crippen LogP) is 3.79. The van der Waals surface area contributed by atoms with E-state index in [9.17, 15) is 13.2 Å². The van der Waals surface area contributed by atoms with Gasteiger partial charge in [-0.05, 0) is 30.0 Å². The van der Waals surface area contributed by atoms with Gasteiger partial charge in [-0.3, -0.25) is 0 Å². The Balaban J connectivity index is 2.21. The van der Waals surface area contributed by atoms with E-state index in [2.05, 4.69) is 5.32 Å². The molecule has 3 unspecified atom stereocenters. The molecule has 0 saturated carbocycles. The van der Waals surface area contributed by atoms with E-state index in [4.69, 9.17) is 4.74 Å². The molecule has 0 heterocycles. The van der Waals surface area contributed by atoms with Crippen LogP contribution in [-0.2, 0) is 4.74 Å². The van der Waals surface area contributed by atoms with Crippen molar-refractivity contribution >= 4 is 0 Å². The first-order valence-corrected chi connectivity index (χ1v) is 6.93. The lowest BCUT2D eigenvalue weighted by atomic mass is 9.79. The van der Waals surface area contributed by atoms with Gasteiger partial charge in [-0.15, -0.1) is 0 Å². The lowest BCUT2D eigenvalue weighted by Gasteiger charge is -2.37. The minimum Gasteiger partial charge on any atom is -0.367 e. The second kappa shape index (κ2) is 6.14. The van der Waals surface area contributed by atoms with E-state index in [1.54, 1.807) is 0 Å². The number of likely N-dealkylation sites (N-methyl/N-ethyl adjacent to an activating group) is 1. The fourth-order valence-corrected chi connectivity index (χ4v) is 2.88. The van der Waals surface area contributed by atoms with E-state index >= 15 is 0 Å². The van der Waals surface area contributed by atoms with Gasteiger partial charge in [0.05, 0.1) is 12.1 Å². The van der Waals surface area contributed by atoms with Gasteiger partial charge < -0.3 is 10.1 Å². The van der Waals surface area contributed by atoms with Gasteiger partial charge in [0.25, 0.3) is 0 Å². The maximum atomic E-state index is 12.4. The van der Waals surface area contributed by atoms with Crippen molar-refractivity contribution in [2.24, 2.45) is 0 Å². The lowest BCUT2D eigenvalue weighted by Crippen LogP contribution is -2.40.